The van der Waals surface area contributed by atoms with Gasteiger partial charge in [0.2, 0.25) is 11.7 Å². The summed E-state index contributed by atoms with van der Waals surface area (Å²) >= 11 is 12.3. The van der Waals surface area contributed by atoms with Crippen LogP contribution < -0.4 is 10.2 Å². The van der Waals surface area contributed by atoms with Crippen LogP contribution in [0.25, 0.3) is 0 Å². The van der Waals surface area contributed by atoms with Crippen LogP contribution in [0.1, 0.15) is 40.2 Å². The van der Waals surface area contributed by atoms with Crippen LogP contribution in [0.3, 0.4) is 0 Å². The number of ketones is 1. The van der Waals surface area contributed by atoms with Gasteiger partial charge in [-0.15, -0.1) is 0 Å². The smallest absolute Gasteiger partial charge is 0.241 e. The first-order valence-electron chi connectivity index (χ1n) is 9.44. The van der Waals surface area contributed by atoms with Gasteiger partial charge < -0.3 is 10.2 Å². The average molecular weight is 437 g/mol. The highest BCUT2D eigenvalue weighted by atomic mass is 35.5. The molecule has 6 nitrogen and oxygen atoms in total. The summed E-state index contributed by atoms with van der Waals surface area (Å²) < 4.78 is 0. The molecule has 0 bridgehead atoms. The maximum absolute atomic E-state index is 12.4. The first-order chi connectivity index (χ1) is 13.5. The Balaban J connectivity index is 2.44. The number of rotatable bonds is 4. The molecule has 0 spiro atoms. The molecular formula is C21H26Cl2N4O2. The Bertz CT molecular complexity index is 923. The van der Waals surface area contributed by atoms with Crippen molar-refractivity contribution in [1.82, 2.24) is 5.32 Å². The highest BCUT2D eigenvalue weighted by Gasteiger charge is 2.31. The first kappa shape index (κ1) is 23.1. The fourth-order valence-corrected chi connectivity index (χ4v) is 2.97. The lowest BCUT2D eigenvalue weighted by Crippen LogP contribution is -2.44. The lowest BCUT2D eigenvalue weighted by molar-refractivity contribution is -0.127. The number of halogens is 2. The number of amidine groups is 2. The second kappa shape index (κ2) is 9.09. The van der Waals surface area contributed by atoms with Crippen LogP contribution in [0.5, 0.6) is 0 Å². The maximum atomic E-state index is 12.4. The second-order valence-electron chi connectivity index (χ2n) is 7.70. The number of hydrogen-bond donors (Lipinski definition) is 1. The van der Waals surface area contributed by atoms with E-state index in [4.69, 9.17) is 23.2 Å². The molecule has 0 saturated carbocycles. The second-order valence-corrected chi connectivity index (χ2v) is 8.46. The monoisotopic (exact) mass is 436 g/mol. The van der Waals surface area contributed by atoms with Crippen LogP contribution in [0, 0.1) is 12.3 Å². The number of benzene rings is 1. The van der Waals surface area contributed by atoms with Gasteiger partial charge in [-0.25, -0.2) is 9.98 Å². The molecule has 1 N–H and O–H groups in total. The van der Waals surface area contributed by atoms with E-state index in [-0.39, 0.29) is 27.6 Å². The fourth-order valence-electron chi connectivity index (χ4n) is 2.63. The molecule has 0 radical (unpaired) electrons. The Hall–Kier alpha value is -2.18. The van der Waals surface area contributed by atoms with E-state index in [0.717, 1.165) is 24.3 Å². The van der Waals surface area contributed by atoms with Crippen LogP contribution in [-0.2, 0) is 9.59 Å². The number of nitrogens with one attached hydrogen (secondary N) is 1. The summed E-state index contributed by atoms with van der Waals surface area (Å²) in [5.74, 6) is -1.09. The van der Waals surface area contributed by atoms with Gasteiger partial charge in [0.1, 0.15) is 10.1 Å². The summed E-state index contributed by atoms with van der Waals surface area (Å²) in [6.07, 6.45) is 0. The molecule has 0 aromatic heterocycles. The number of aliphatic imine (C=N–C) groups is 2. The highest BCUT2D eigenvalue weighted by molar-refractivity contribution is 6.67. The highest BCUT2D eigenvalue weighted by Crippen LogP contribution is 2.29. The number of carbonyl (C=O) groups is 2. The van der Waals surface area contributed by atoms with Crippen molar-refractivity contribution in [2.75, 3.05) is 18.0 Å². The molecule has 1 aromatic rings. The van der Waals surface area contributed by atoms with Crippen molar-refractivity contribution in [3.8, 4) is 0 Å². The molecular weight excluding hydrogens is 411 g/mol. The minimum Gasteiger partial charge on any atom is -0.372 e. The molecule has 2 rings (SSSR count). The zero-order valence-corrected chi connectivity index (χ0v) is 19.1. The van der Waals surface area contributed by atoms with Crippen molar-refractivity contribution in [2.45, 2.75) is 41.5 Å². The number of amides is 1. The van der Waals surface area contributed by atoms with Crippen molar-refractivity contribution in [3.05, 3.63) is 33.8 Å². The Morgan fingerprint density at radius 3 is 2.31 bits per heavy atom. The number of hydrogen-bond acceptors (Lipinski definition) is 4. The Morgan fingerprint density at radius 2 is 1.79 bits per heavy atom. The van der Waals surface area contributed by atoms with E-state index in [9.17, 15) is 9.59 Å². The summed E-state index contributed by atoms with van der Waals surface area (Å²) in [6, 6.07) is 5.87. The molecule has 0 saturated heterocycles. The molecule has 0 aliphatic carbocycles. The minimum atomic E-state index is -0.700. The number of aryl methyl sites for hydroxylation is 1. The summed E-state index contributed by atoms with van der Waals surface area (Å²) in [5.41, 5.74) is 1.97. The zero-order valence-electron chi connectivity index (χ0n) is 17.6. The van der Waals surface area contributed by atoms with Gasteiger partial charge in [-0.2, -0.15) is 0 Å². The third-order valence-corrected chi connectivity index (χ3v) is 5.28. The molecule has 156 valence electrons. The molecule has 1 amide bonds. The van der Waals surface area contributed by atoms with E-state index in [1.165, 1.54) is 0 Å². The van der Waals surface area contributed by atoms with E-state index < -0.39 is 11.2 Å². The normalized spacial score (nSPS) is 16.2. The SMILES string of the molecule is CCN(CC)c1ccc(N=C2N=C(NC(=O)C(C)(C)C)C(=O)C(Cl)=C2Cl)c(C)c1. The summed E-state index contributed by atoms with van der Waals surface area (Å²) in [6.45, 7) is 13.1. The number of nitrogens with zero attached hydrogens (tertiary/aromatic N) is 3. The fraction of sp³-hybridized carbons (Fsp3) is 0.429. The topological polar surface area (TPSA) is 74.1 Å². The van der Waals surface area contributed by atoms with E-state index >= 15 is 0 Å². The minimum absolute atomic E-state index is 0.0438. The van der Waals surface area contributed by atoms with Gasteiger partial charge in [0.15, 0.2) is 11.7 Å². The summed E-state index contributed by atoms with van der Waals surface area (Å²) in [5, 5.41) is 2.26. The standard InChI is InChI=1S/C21H26Cl2N4O2/c1-7-27(8-2)13-9-10-14(12(3)11-13)24-18-16(23)15(22)17(28)19(25-18)26-20(29)21(4,5)6/h9-11H,7-8H2,1-6H3,(H,24,25,26,29). The predicted molar refractivity (Wildman–Crippen MR) is 121 cm³/mol. The summed E-state index contributed by atoms with van der Waals surface area (Å²) in [4.78, 5) is 35.5. The molecule has 1 aliphatic rings. The van der Waals surface area contributed by atoms with Crippen molar-refractivity contribution in [2.24, 2.45) is 15.4 Å². The third-order valence-electron chi connectivity index (χ3n) is 4.47. The molecule has 0 atom stereocenters. The predicted octanol–water partition coefficient (Wildman–Crippen LogP) is 4.70. The van der Waals surface area contributed by atoms with E-state index in [1.807, 2.05) is 25.1 Å². The van der Waals surface area contributed by atoms with Crippen molar-refractivity contribution in [3.63, 3.8) is 0 Å². The van der Waals surface area contributed by atoms with Crippen LogP contribution in [0.4, 0.5) is 11.4 Å². The van der Waals surface area contributed by atoms with E-state index in [0.29, 0.717) is 5.69 Å². The van der Waals surface area contributed by atoms with Gasteiger partial charge in [0.05, 0.1) is 5.69 Å². The van der Waals surface area contributed by atoms with Gasteiger partial charge in [-0.3, -0.25) is 9.59 Å². The first-order valence-corrected chi connectivity index (χ1v) is 10.2. The van der Waals surface area contributed by atoms with Crippen molar-refractivity contribution < 1.29 is 9.59 Å². The van der Waals surface area contributed by atoms with Crippen LogP contribution >= 0.6 is 23.2 Å². The molecule has 1 aromatic carbocycles. The number of dihydropyridines is 1. The lowest BCUT2D eigenvalue weighted by Gasteiger charge is -2.22. The zero-order chi connectivity index (χ0) is 21.9. The van der Waals surface area contributed by atoms with Gasteiger partial charge in [0, 0.05) is 24.2 Å². The average Bonchev–Trinajstić information content (AvgIpc) is 2.65. The van der Waals surface area contributed by atoms with Crippen LogP contribution in [-0.4, -0.2) is 36.5 Å². The van der Waals surface area contributed by atoms with Crippen molar-refractivity contribution in [1.29, 1.82) is 0 Å². The van der Waals surface area contributed by atoms with E-state index in [1.54, 1.807) is 20.8 Å². The quantitative estimate of drug-likeness (QED) is 0.742. The molecule has 29 heavy (non-hydrogen) atoms. The van der Waals surface area contributed by atoms with Gasteiger partial charge in [0.25, 0.3) is 0 Å². The van der Waals surface area contributed by atoms with Crippen molar-refractivity contribution >= 4 is 57.9 Å². The molecule has 0 unspecified atom stereocenters. The third kappa shape index (κ3) is 5.25. The van der Waals surface area contributed by atoms with Crippen LogP contribution in [0.15, 0.2) is 38.2 Å². The maximum Gasteiger partial charge on any atom is 0.241 e. The van der Waals surface area contributed by atoms with Gasteiger partial charge in [-0.1, -0.05) is 44.0 Å². The largest absolute Gasteiger partial charge is 0.372 e. The van der Waals surface area contributed by atoms with E-state index in [2.05, 4.69) is 34.0 Å². The molecule has 1 aliphatic heterocycles. The number of carbonyl (C=O) groups excluding carboxylic acids is 2. The lowest BCUT2D eigenvalue weighted by atomic mass is 9.95. The van der Waals surface area contributed by atoms with Gasteiger partial charge in [-0.05, 0) is 44.5 Å². The molecule has 8 heteroatoms. The molecule has 1 heterocycles. The summed E-state index contributed by atoms with van der Waals surface area (Å²) in [7, 11) is 0. The number of Topliss-reactive ketones (excluding diaryl/α,β-unsaturated/α-hetero) is 1. The Labute approximate surface area is 181 Å². The van der Waals surface area contributed by atoms with Crippen LogP contribution in [0.2, 0.25) is 0 Å². The molecule has 0 fully saturated rings. The Kier molecular flexibility index (Phi) is 7.25. The Morgan fingerprint density at radius 1 is 1.17 bits per heavy atom. The number of anilines is 1. The van der Waals surface area contributed by atoms with Gasteiger partial charge >= 0.3 is 0 Å².